The first-order chi connectivity index (χ1) is 16.4. The van der Waals surface area contributed by atoms with E-state index in [1.165, 1.54) is 12.1 Å². The first kappa shape index (κ1) is 23.2. The number of carbonyl (C=O) groups is 1. The van der Waals surface area contributed by atoms with Gasteiger partial charge in [0, 0.05) is 22.2 Å². The summed E-state index contributed by atoms with van der Waals surface area (Å²) in [5.41, 5.74) is 2.37. The number of benzene rings is 3. The molecular weight excluding hydrogens is 504 g/mol. The predicted molar refractivity (Wildman–Crippen MR) is 130 cm³/mol. The van der Waals surface area contributed by atoms with Gasteiger partial charge in [-0.15, -0.1) is 0 Å². The third-order valence-corrected chi connectivity index (χ3v) is 5.35. The van der Waals surface area contributed by atoms with Crippen molar-refractivity contribution in [2.45, 2.75) is 13.5 Å². The molecule has 0 radical (unpaired) electrons. The van der Waals surface area contributed by atoms with Crippen molar-refractivity contribution >= 4 is 39.6 Å². The van der Waals surface area contributed by atoms with Gasteiger partial charge in [0.1, 0.15) is 6.61 Å². The molecule has 0 bridgehead atoms. The minimum atomic E-state index is -0.533. The van der Waals surface area contributed by atoms with E-state index >= 15 is 0 Å². The molecular formula is C25H19BrN2O6. The third kappa shape index (κ3) is 5.49. The average Bonchev–Trinajstić information content (AvgIpc) is 3.19. The Bertz CT molecular complexity index is 1280. The van der Waals surface area contributed by atoms with Crippen molar-refractivity contribution in [3.05, 3.63) is 104 Å². The summed E-state index contributed by atoms with van der Waals surface area (Å²) in [5.74, 6) is 0.726. The average molecular weight is 523 g/mol. The summed E-state index contributed by atoms with van der Waals surface area (Å²) in [6, 6.07) is 18.7. The second-order valence-corrected chi connectivity index (χ2v) is 8.11. The van der Waals surface area contributed by atoms with Crippen LogP contribution >= 0.6 is 15.9 Å². The molecule has 8 nitrogen and oxygen atoms in total. The SMILES string of the molecule is CCOc1cc(/C=C2\N=C(c3ccc(Br)cc3)OC2=O)ccc1OCc1ccc([N+](=O)[O-])cc1. The van der Waals surface area contributed by atoms with Crippen LogP contribution < -0.4 is 9.47 Å². The Balaban J connectivity index is 1.52. The molecule has 34 heavy (non-hydrogen) atoms. The largest absolute Gasteiger partial charge is 0.490 e. The van der Waals surface area contributed by atoms with Crippen LogP contribution in [-0.2, 0) is 16.1 Å². The monoisotopic (exact) mass is 522 g/mol. The van der Waals surface area contributed by atoms with Crippen LogP contribution in [0.5, 0.6) is 11.5 Å². The molecule has 0 spiro atoms. The van der Waals surface area contributed by atoms with Crippen LogP contribution in [0.2, 0.25) is 0 Å². The van der Waals surface area contributed by atoms with Gasteiger partial charge in [-0.3, -0.25) is 10.1 Å². The summed E-state index contributed by atoms with van der Waals surface area (Å²) in [7, 11) is 0. The fourth-order valence-electron chi connectivity index (χ4n) is 3.16. The topological polar surface area (TPSA) is 100 Å². The van der Waals surface area contributed by atoms with Gasteiger partial charge < -0.3 is 14.2 Å². The normalized spacial score (nSPS) is 14.0. The number of cyclic esters (lactones) is 1. The van der Waals surface area contributed by atoms with E-state index in [1.807, 2.05) is 31.2 Å². The summed E-state index contributed by atoms with van der Waals surface area (Å²) >= 11 is 3.37. The highest BCUT2D eigenvalue weighted by molar-refractivity contribution is 9.10. The standard InChI is InChI=1S/C25H19BrN2O6/c1-2-32-23-14-17(5-12-22(23)33-15-16-3-10-20(11-4-16)28(30)31)13-21-25(29)34-24(27-21)18-6-8-19(26)9-7-18/h3-14H,2,15H2,1H3/b21-13-. The number of halogens is 1. The van der Waals surface area contributed by atoms with E-state index in [4.69, 9.17) is 14.2 Å². The predicted octanol–water partition coefficient (Wildman–Crippen LogP) is 5.68. The number of ether oxygens (including phenoxy) is 3. The van der Waals surface area contributed by atoms with E-state index in [9.17, 15) is 14.9 Å². The van der Waals surface area contributed by atoms with Gasteiger partial charge in [0.2, 0.25) is 5.90 Å². The molecule has 0 atom stereocenters. The minimum Gasteiger partial charge on any atom is -0.490 e. The molecule has 0 saturated heterocycles. The molecule has 0 unspecified atom stereocenters. The summed E-state index contributed by atoms with van der Waals surface area (Å²) in [6.07, 6.45) is 1.62. The van der Waals surface area contributed by atoms with Gasteiger partial charge in [0.05, 0.1) is 11.5 Å². The zero-order valence-electron chi connectivity index (χ0n) is 18.1. The van der Waals surface area contributed by atoms with Crippen LogP contribution in [0.25, 0.3) is 6.08 Å². The minimum absolute atomic E-state index is 0.0209. The van der Waals surface area contributed by atoms with Crippen LogP contribution in [0, 0.1) is 10.1 Å². The van der Waals surface area contributed by atoms with Crippen molar-refractivity contribution in [3.63, 3.8) is 0 Å². The van der Waals surface area contributed by atoms with Gasteiger partial charge in [-0.1, -0.05) is 22.0 Å². The van der Waals surface area contributed by atoms with E-state index in [2.05, 4.69) is 20.9 Å². The van der Waals surface area contributed by atoms with Crippen LogP contribution in [0.15, 0.2) is 81.9 Å². The lowest BCUT2D eigenvalue weighted by Crippen LogP contribution is -2.05. The molecule has 0 N–H and O–H groups in total. The van der Waals surface area contributed by atoms with Crippen LogP contribution in [0.4, 0.5) is 5.69 Å². The van der Waals surface area contributed by atoms with Gasteiger partial charge in [-0.05, 0) is 72.7 Å². The number of aliphatic imine (C=N–C) groups is 1. The fourth-order valence-corrected chi connectivity index (χ4v) is 3.42. The molecule has 0 aromatic heterocycles. The zero-order chi connectivity index (χ0) is 24.1. The third-order valence-electron chi connectivity index (χ3n) is 4.82. The number of carbonyl (C=O) groups excluding carboxylic acids is 1. The second kappa shape index (κ2) is 10.3. The summed E-state index contributed by atoms with van der Waals surface area (Å²) in [4.78, 5) is 27.0. The quantitative estimate of drug-likeness (QED) is 0.163. The van der Waals surface area contributed by atoms with Gasteiger partial charge in [-0.2, -0.15) is 0 Å². The molecule has 1 heterocycles. The second-order valence-electron chi connectivity index (χ2n) is 7.19. The van der Waals surface area contributed by atoms with Gasteiger partial charge in [-0.25, -0.2) is 9.79 Å². The van der Waals surface area contributed by atoms with Crippen molar-refractivity contribution in [2.24, 2.45) is 4.99 Å². The lowest BCUT2D eigenvalue weighted by atomic mass is 10.1. The van der Waals surface area contributed by atoms with E-state index in [1.54, 1.807) is 36.4 Å². The molecule has 0 fully saturated rings. The molecule has 0 amide bonds. The van der Waals surface area contributed by atoms with Crippen molar-refractivity contribution in [3.8, 4) is 11.5 Å². The number of hydrogen-bond donors (Lipinski definition) is 0. The van der Waals surface area contributed by atoms with Crippen LogP contribution in [0.1, 0.15) is 23.6 Å². The Labute approximate surface area is 203 Å². The summed E-state index contributed by atoms with van der Waals surface area (Å²) in [5, 5.41) is 10.8. The number of non-ortho nitro benzene ring substituents is 1. The number of nitrogens with zero attached hydrogens (tertiary/aromatic N) is 2. The maximum absolute atomic E-state index is 12.3. The number of hydrogen-bond acceptors (Lipinski definition) is 7. The number of nitro benzene ring substituents is 1. The Morgan fingerprint density at radius 2 is 1.76 bits per heavy atom. The Kier molecular flexibility index (Phi) is 7.03. The van der Waals surface area contributed by atoms with Crippen molar-refractivity contribution in [1.82, 2.24) is 0 Å². The zero-order valence-corrected chi connectivity index (χ0v) is 19.7. The van der Waals surface area contributed by atoms with Crippen LogP contribution in [-0.4, -0.2) is 23.4 Å². The summed E-state index contributed by atoms with van der Waals surface area (Å²) < 4.78 is 17.8. The molecule has 4 rings (SSSR count). The first-order valence-electron chi connectivity index (χ1n) is 10.3. The number of rotatable bonds is 8. The van der Waals surface area contributed by atoms with Gasteiger partial charge >= 0.3 is 5.97 Å². The van der Waals surface area contributed by atoms with Crippen molar-refractivity contribution < 1.29 is 23.9 Å². The van der Waals surface area contributed by atoms with E-state index in [0.717, 1.165) is 10.0 Å². The Morgan fingerprint density at radius 3 is 2.44 bits per heavy atom. The molecule has 0 saturated carbocycles. The fraction of sp³-hybridized carbons (Fsp3) is 0.120. The van der Waals surface area contributed by atoms with Crippen LogP contribution in [0.3, 0.4) is 0 Å². The molecule has 1 aliphatic heterocycles. The van der Waals surface area contributed by atoms with E-state index < -0.39 is 10.9 Å². The highest BCUT2D eigenvalue weighted by Crippen LogP contribution is 2.31. The molecule has 0 aliphatic carbocycles. The lowest BCUT2D eigenvalue weighted by Gasteiger charge is -2.13. The molecule has 3 aromatic carbocycles. The van der Waals surface area contributed by atoms with Gasteiger partial charge in [0.15, 0.2) is 17.2 Å². The Morgan fingerprint density at radius 1 is 1.03 bits per heavy atom. The van der Waals surface area contributed by atoms with Crippen molar-refractivity contribution in [1.29, 1.82) is 0 Å². The maximum Gasteiger partial charge on any atom is 0.363 e. The smallest absolute Gasteiger partial charge is 0.363 e. The molecule has 3 aromatic rings. The highest BCUT2D eigenvalue weighted by atomic mass is 79.9. The van der Waals surface area contributed by atoms with E-state index in [0.29, 0.717) is 29.2 Å². The summed E-state index contributed by atoms with van der Waals surface area (Å²) in [6.45, 7) is 2.49. The maximum atomic E-state index is 12.3. The number of nitro groups is 1. The molecule has 172 valence electrons. The molecule has 9 heteroatoms. The Hall–Kier alpha value is -3.98. The van der Waals surface area contributed by atoms with Gasteiger partial charge in [0.25, 0.3) is 5.69 Å². The molecule has 1 aliphatic rings. The number of esters is 1. The first-order valence-corrected chi connectivity index (χ1v) is 11.1. The highest BCUT2D eigenvalue weighted by Gasteiger charge is 2.24. The van der Waals surface area contributed by atoms with E-state index in [-0.39, 0.29) is 23.9 Å². The van der Waals surface area contributed by atoms with Crippen molar-refractivity contribution in [2.75, 3.05) is 6.61 Å². The lowest BCUT2D eigenvalue weighted by molar-refractivity contribution is -0.384.